The van der Waals surface area contributed by atoms with Crippen molar-refractivity contribution in [3.05, 3.63) is 34.5 Å². The highest BCUT2D eigenvalue weighted by atomic mass is 16.4. The number of carboxylic acid groups (broad SMARTS) is 1. The molecule has 1 aromatic rings. The van der Waals surface area contributed by atoms with Crippen molar-refractivity contribution in [3.63, 3.8) is 0 Å². The molecule has 0 saturated heterocycles. The lowest BCUT2D eigenvalue weighted by Gasteiger charge is -2.20. The van der Waals surface area contributed by atoms with Gasteiger partial charge in [0.15, 0.2) is 0 Å². The van der Waals surface area contributed by atoms with E-state index in [1.54, 1.807) is 6.08 Å². The van der Waals surface area contributed by atoms with E-state index in [2.05, 4.69) is 16.9 Å². The molecule has 0 spiro atoms. The average Bonchev–Trinajstić information content (AvgIpc) is 2.65. The van der Waals surface area contributed by atoms with Crippen LogP contribution in [0.3, 0.4) is 0 Å². The van der Waals surface area contributed by atoms with Gasteiger partial charge in [-0.25, -0.2) is 0 Å². The third-order valence-electron chi connectivity index (χ3n) is 3.07. The molecule has 4 nitrogen and oxygen atoms in total. The van der Waals surface area contributed by atoms with Gasteiger partial charge < -0.3 is 10.1 Å². The summed E-state index contributed by atoms with van der Waals surface area (Å²) in [7, 11) is 0. The Morgan fingerprint density at radius 1 is 1.59 bits per heavy atom. The summed E-state index contributed by atoms with van der Waals surface area (Å²) >= 11 is 0. The van der Waals surface area contributed by atoms with Crippen molar-refractivity contribution in [2.24, 2.45) is 0 Å². The van der Waals surface area contributed by atoms with Gasteiger partial charge in [-0.2, -0.15) is 0 Å². The molecule has 0 amide bonds. The summed E-state index contributed by atoms with van der Waals surface area (Å²) in [6.07, 6.45) is 6.16. The van der Waals surface area contributed by atoms with Gasteiger partial charge in [0.2, 0.25) is 0 Å². The van der Waals surface area contributed by atoms with Crippen molar-refractivity contribution < 1.29 is 9.90 Å². The third-order valence-corrected chi connectivity index (χ3v) is 3.07. The quantitative estimate of drug-likeness (QED) is 0.666. The Morgan fingerprint density at radius 3 is 2.94 bits per heavy atom. The van der Waals surface area contributed by atoms with Crippen LogP contribution in [0, 0.1) is 0 Å². The van der Waals surface area contributed by atoms with Crippen LogP contribution >= 0.6 is 0 Å². The fourth-order valence-electron chi connectivity index (χ4n) is 2.27. The van der Waals surface area contributed by atoms with Gasteiger partial charge in [-0.3, -0.25) is 10.1 Å². The van der Waals surface area contributed by atoms with Crippen LogP contribution in [0.25, 0.3) is 12.2 Å². The topological polar surface area (TPSA) is 65.1 Å². The highest BCUT2D eigenvalue weighted by Gasteiger charge is 2.25. The van der Waals surface area contributed by atoms with E-state index < -0.39 is 12.0 Å². The zero-order chi connectivity index (χ0) is 12.4. The lowest BCUT2D eigenvalue weighted by atomic mass is 10.00. The first-order valence-corrected chi connectivity index (χ1v) is 5.62. The van der Waals surface area contributed by atoms with Gasteiger partial charge in [-0.05, 0) is 23.8 Å². The Labute approximate surface area is 99.4 Å². The number of carbonyl (C=O) groups is 1. The summed E-state index contributed by atoms with van der Waals surface area (Å²) in [6.45, 7) is 6.21. The molecule has 1 unspecified atom stereocenters. The molecule has 2 heterocycles. The minimum Gasteiger partial charge on any atom is -0.480 e. The van der Waals surface area contributed by atoms with Gasteiger partial charge in [0, 0.05) is 24.0 Å². The third kappa shape index (κ3) is 2.03. The van der Waals surface area contributed by atoms with Gasteiger partial charge >= 0.3 is 5.97 Å². The first-order chi connectivity index (χ1) is 8.17. The molecule has 2 rings (SSSR count). The summed E-state index contributed by atoms with van der Waals surface area (Å²) in [6, 6.07) is -0.492. The number of rotatable bonds is 2. The summed E-state index contributed by atoms with van der Waals surface area (Å²) < 4.78 is 0. The number of aliphatic carboxylic acids is 1. The average molecular weight is 232 g/mol. The fourth-order valence-corrected chi connectivity index (χ4v) is 2.27. The number of nitrogens with one attached hydrogen (secondary N) is 2. The molecule has 1 aromatic heterocycles. The Balaban J connectivity index is 2.54. The molecule has 1 aliphatic rings. The van der Waals surface area contributed by atoms with Crippen LogP contribution in [0.2, 0.25) is 0 Å². The van der Waals surface area contributed by atoms with Crippen molar-refractivity contribution in [1.82, 2.24) is 10.3 Å². The zero-order valence-electron chi connectivity index (χ0n) is 9.79. The van der Waals surface area contributed by atoms with E-state index in [1.165, 1.54) is 0 Å². The van der Waals surface area contributed by atoms with Crippen LogP contribution in [-0.4, -0.2) is 22.1 Å². The smallest absolute Gasteiger partial charge is 0.321 e. The van der Waals surface area contributed by atoms with Gasteiger partial charge in [-0.15, -0.1) is 0 Å². The van der Waals surface area contributed by atoms with E-state index in [4.69, 9.17) is 5.11 Å². The number of aromatic amines is 1. The number of fused-ring (bicyclic) bond motifs is 1. The number of hydrogen-bond acceptors (Lipinski definition) is 2. The molecule has 0 aromatic carbocycles. The summed E-state index contributed by atoms with van der Waals surface area (Å²) in [5.41, 5.74) is 2.18. The highest BCUT2D eigenvalue weighted by Crippen LogP contribution is 2.10. The first-order valence-electron chi connectivity index (χ1n) is 5.62. The van der Waals surface area contributed by atoms with E-state index in [1.807, 2.05) is 19.1 Å². The van der Waals surface area contributed by atoms with E-state index in [0.717, 1.165) is 21.8 Å². The number of hydrogen-bond donors (Lipinski definition) is 3. The number of aromatic nitrogens is 1. The normalized spacial score (nSPS) is 21.4. The predicted octanol–water partition coefficient (Wildman–Crippen LogP) is -0.119. The van der Waals surface area contributed by atoms with E-state index in [0.29, 0.717) is 13.0 Å². The van der Waals surface area contributed by atoms with Gasteiger partial charge in [0.1, 0.15) is 6.04 Å². The molecule has 0 radical (unpaired) electrons. The zero-order valence-corrected chi connectivity index (χ0v) is 9.79. The number of allylic oxidation sites excluding steroid dienone is 1. The van der Waals surface area contributed by atoms with Crippen molar-refractivity contribution in [2.45, 2.75) is 25.9 Å². The van der Waals surface area contributed by atoms with E-state index >= 15 is 0 Å². The Morgan fingerprint density at radius 2 is 2.35 bits per heavy atom. The molecule has 0 aliphatic carbocycles. The maximum absolute atomic E-state index is 11.0. The highest BCUT2D eigenvalue weighted by molar-refractivity contribution is 5.74. The second-order valence-corrected chi connectivity index (χ2v) is 4.08. The fraction of sp³-hybridized carbons (Fsp3) is 0.308. The standard InChI is InChI=1S/C13H16N2O2/c1-3-5-10-8(4-2)9-6-11(13(16)17)14-7-12(9)15-10/h3-5,11,14-15H,1,6-7H2,2H3,(H,16,17)/b8-4-,10-5+. The maximum atomic E-state index is 11.0. The predicted molar refractivity (Wildman–Crippen MR) is 66.8 cm³/mol. The molecule has 90 valence electrons. The summed E-state index contributed by atoms with van der Waals surface area (Å²) in [5, 5.41) is 14.1. The minimum atomic E-state index is -0.798. The molecule has 1 aliphatic heterocycles. The van der Waals surface area contributed by atoms with Gasteiger partial charge in [-0.1, -0.05) is 18.7 Å². The maximum Gasteiger partial charge on any atom is 0.321 e. The van der Waals surface area contributed by atoms with Crippen molar-refractivity contribution >= 4 is 18.1 Å². The molecular formula is C13H16N2O2. The Hall–Kier alpha value is -1.81. The lowest BCUT2D eigenvalue weighted by Crippen LogP contribution is -2.43. The number of H-pyrrole nitrogens is 1. The molecule has 17 heavy (non-hydrogen) atoms. The van der Waals surface area contributed by atoms with Crippen LogP contribution in [0.5, 0.6) is 0 Å². The molecule has 1 atom stereocenters. The van der Waals surface area contributed by atoms with Crippen LogP contribution in [-0.2, 0) is 17.8 Å². The molecular weight excluding hydrogens is 216 g/mol. The number of carboxylic acids is 1. The van der Waals surface area contributed by atoms with Crippen molar-refractivity contribution in [2.75, 3.05) is 0 Å². The second kappa shape index (κ2) is 4.59. The van der Waals surface area contributed by atoms with Gasteiger partial charge in [0.25, 0.3) is 0 Å². The molecule has 4 heteroatoms. The Bertz CT molecular complexity index is 569. The summed E-state index contributed by atoms with van der Waals surface area (Å²) in [4.78, 5) is 14.3. The summed E-state index contributed by atoms with van der Waals surface area (Å²) in [5.74, 6) is -0.798. The molecule has 3 N–H and O–H groups in total. The first kappa shape index (κ1) is 11.7. The van der Waals surface area contributed by atoms with E-state index in [-0.39, 0.29) is 0 Å². The molecule has 0 fully saturated rings. The van der Waals surface area contributed by atoms with Crippen LogP contribution in [0.15, 0.2) is 12.7 Å². The lowest BCUT2D eigenvalue weighted by molar-refractivity contribution is -0.139. The van der Waals surface area contributed by atoms with E-state index in [9.17, 15) is 4.79 Å². The minimum absolute atomic E-state index is 0.492. The Kier molecular flexibility index (Phi) is 3.15. The second-order valence-electron chi connectivity index (χ2n) is 4.08. The van der Waals surface area contributed by atoms with Crippen LogP contribution < -0.4 is 15.9 Å². The largest absolute Gasteiger partial charge is 0.480 e. The van der Waals surface area contributed by atoms with Gasteiger partial charge in [0.05, 0.1) is 0 Å². The van der Waals surface area contributed by atoms with Crippen LogP contribution in [0.4, 0.5) is 0 Å². The molecule has 0 bridgehead atoms. The molecule has 0 saturated carbocycles. The van der Waals surface area contributed by atoms with Crippen LogP contribution in [0.1, 0.15) is 18.2 Å². The van der Waals surface area contributed by atoms with Crippen molar-refractivity contribution in [3.8, 4) is 0 Å². The SMILES string of the molecule is C=C/C=c1/[nH]c2c(/c1=C/C)CC(C(=O)O)NC2. The van der Waals surface area contributed by atoms with Crippen molar-refractivity contribution in [1.29, 1.82) is 0 Å². The monoisotopic (exact) mass is 232 g/mol.